The summed E-state index contributed by atoms with van der Waals surface area (Å²) < 4.78 is 10.2. The number of hydrogen-bond donors (Lipinski definition) is 1. The van der Waals surface area contributed by atoms with Crippen LogP contribution in [0.1, 0.15) is 41.0 Å². The summed E-state index contributed by atoms with van der Waals surface area (Å²) in [6, 6.07) is 29.8. The first-order chi connectivity index (χ1) is 22.4. The van der Waals surface area contributed by atoms with Crippen LogP contribution in [0.15, 0.2) is 135 Å². The van der Waals surface area contributed by atoms with E-state index < -0.39 is 34.7 Å². The molecule has 228 valence electrons. The average molecular weight is 612 g/mol. The number of furan rings is 1. The number of nitrogens with zero attached hydrogens (tertiary/aromatic N) is 3. The molecular formula is C37H29N3O6. The van der Waals surface area contributed by atoms with Crippen molar-refractivity contribution in [2.75, 3.05) is 0 Å². The Labute approximate surface area is 262 Å². The molecule has 8 rings (SSSR count). The summed E-state index contributed by atoms with van der Waals surface area (Å²) in [4.78, 5) is 57.6. The van der Waals surface area contributed by atoms with Crippen LogP contribution in [0.5, 0.6) is 0 Å². The van der Waals surface area contributed by atoms with Gasteiger partial charge < -0.3 is 9.52 Å². The van der Waals surface area contributed by atoms with E-state index in [9.17, 15) is 24.3 Å². The Kier molecular flexibility index (Phi) is 6.40. The fourth-order valence-corrected chi connectivity index (χ4v) is 7.88. The number of ketones is 2. The Morgan fingerprint density at radius 1 is 0.804 bits per heavy atom. The summed E-state index contributed by atoms with van der Waals surface area (Å²) in [6.07, 6.45) is 3.46. The van der Waals surface area contributed by atoms with E-state index in [4.69, 9.17) is 4.42 Å². The first kappa shape index (κ1) is 28.0. The van der Waals surface area contributed by atoms with Gasteiger partial charge in [-0.25, -0.2) is 23.5 Å². The summed E-state index contributed by atoms with van der Waals surface area (Å²) in [5.74, 6) is -1.47. The van der Waals surface area contributed by atoms with Crippen molar-refractivity contribution < 1.29 is 19.1 Å². The third kappa shape index (κ3) is 3.85. The lowest BCUT2D eigenvalue weighted by atomic mass is 9.48. The molecule has 0 spiro atoms. The van der Waals surface area contributed by atoms with Crippen LogP contribution < -0.4 is 11.4 Å². The van der Waals surface area contributed by atoms with Gasteiger partial charge in [-0.3, -0.25) is 9.59 Å². The molecule has 4 unspecified atom stereocenters. The zero-order valence-electron chi connectivity index (χ0n) is 24.7. The van der Waals surface area contributed by atoms with Gasteiger partial charge in [0.1, 0.15) is 18.1 Å². The van der Waals surface area contributed by atoms with E-state index in [1.165, 1.54) is 15.4 Å². The minimum Gasteiger partial charge on any atom is -0.463 e. The van der Waals surface area contributed by atoms with Crippen molar-refractivity contribution in [3.05, 3.63) is 164 Å². The van der Waals surface area contributed by atoms with E-state index in [1.807, 2.05) is 60.7 Å². The second-order valence-electron chi connectivity index (χ2n) is 12.0. The van der Waals surface area contributed by atoms with Gasteiger partial charge in [0.05, 0.1) is 29.6 Å². The lowest BCUT2D eigenvalue weighted by Gasteiger charge is -2.53. The number of carbonyl (C=O) groups excluding carboxylic acids is 2. The van der Waals surface area contributed by atoms with Crippen molar-refractivity contribution in [2.24, 2.45) is 5.92 Å². The maximum atomic E-state index is 14.9. The number of hydrogen-bond acceptors (Lipinski definition) is 6. The van der Waals surface area contributed by atoms with Gasteiger partial charge >= 0.3 is 11.4 Å². The van der Waals surface area contributed by atoms with E-state index in [-0.39, 0.29) is 31.1 Å². The van der Waals surface area contributed by atoms with Crippen molar-refractivity contribution in [1.29, 1.82) is 0 Å². The molecule has 3 aromatic carbocycles. The molecule has 2 aliphatic carbocycles. The average Bonchev–Trinajstić information content (AvgIpc) is 3.68. The molecule has 0 saturated heterocycles. The summed E-state index contributed by atoms with van der Waals surface area (Å²) >= 11 is 0. The van der Waals surface area contributed by atoms with E-state index in [1.54, 1.807) is 48.5 Å². The number of allylic oxidation sites excluding steroid dienone is 4. The van der Waals surface area contributed by atoms with Crippen molar-refractivity contribution in [3.63, 3.8) is 0 Å². The zero-order valence-corrected chi connectivity index (χ0v) is 24.7. The van der Waals surface area contributed by atoms with Gasteiger partial charge in [0.15, 0.2) is 11.6 Å². The minimum absolute atomic E-state index is 0.0899. The Hall–Kier alpha value is -5.54. The van der Waals surface area contributed by atoms with Crippen molar-refractivity contribution in [3.8, 4) is 5.69 Å². The number of carbonyl (C=O) groups is 2. The van der Waals surface area contributed by atoms with Crippen LogP contribution >= 0.6 is 0 Å². The maximum absolute atomic E-state index is 14.9. The summed E-state index contributed by atoms with van der Waals surface area (Å²) in [5.41, 5.74) is 0.337. The molecule has 0 amide bonds. The largest absolute Gasteiger partial charge is 0.463 e. The van der Waals surface area contributed by atoms with E-state index in [0.717, 1.165) is 4.57 Å². The summed E-state index contributed by atoms with van der Waals surface area (Å²) in [5, 5.41) is 9.93. The molecule has 1 saturated carbocycles. The number of rotatable bonds is 5. The van der Waals surface area contributed by atoms with Crippen LogP contribution in [0.4, 0.5) is 0 Å². The van der Waals surface area contributed by atoms with Crippen LogP contribution in [0.3, 0.4) is 0 Å². The predicted octanol–water partition coefficient (Wildman–Crippen LogP) is 4.34. The fourth-order valence-electron chi connectivity index (χ4n) is 7.88. The van der Waals surface area contributed by atoms with Crippen LogP contribution in [-0.2, 0) is 28.2 Å². The normalized spacial score (nSPS) is 23.6. The van der Waals surface area contributed by atoms with E-state index >= 15 is 0 Å². The topological polar surface area (TPSA) is 116 Å². The van der Waals surface area contributed by atoms with Crippen LogP contribution in [-0.4, -0.2) is 30.6 Å². The highest BCUT2D eigenvalue weighted by molar-refractivity contribution is 6.31. The monoisotopic (exact) mass is 611 g/mol. The maximum Gasteiger partial charge on any atom is 0.352 e. The Bertz CT molecular complexity index is 2190. The van der Waals surface area contributed by atoms with Gasteiger partial charge in [-0.15, -0.1) is 0 Å². The van der Waals surface area contributed by atoms with E-state index in [0.29, 0.717) is 39.5 Å². The fraction of sp³-hybridized carbons (Fsp3) is 0.189. The predicted molar refractivity (Wildman–Crippen MR) is 169 cm³/mol. The highest BCUT2D eigenvalue weighted by atomic mass is 16.4. The first-order valence-corrected chi connectivity index (χ1v) is 15.3. The second kappa shape index (κ2) is 10.5. The number of aliphatic hydroxyl groups is 1. The van der Waals surface area contributed by atoms with Gasteiger partial charge in [-0.1, -0.05) is 84.9 Å². The molecule has 3 heterocycles. The Morgan fingerprint density at radius 2 is 1.48 bits per heavy atom. The second-order valence-corrected chi connectivity index (χ2v) is 12.0. The molecule has 1 N–H and O–H groups in total. The van der Waals surface area contributed by atoms with Crippen molar-refractivity contribution in [2.45, 2.75) is 36.9 Å². The lowest BCUT2D eigenvalue weighted by Crippen LogP contribution is -2.58. The minimum atomic E-state index is -1.41. The van der Waals surface area contributed by atoms with Gasteiger partial charge in [-0.05, 0) is 53.5 Å². The first-order valence-electron chi connectivity index (χ1n) is 15.3. The number of fused-ring (bicyclic) bond motifs is 4. The molecule has 9 heteroatoms. The highest BCUT2D eigenvalue weighted by Crippen LogP contribution is 2.61. The highest BCUT2D eigenvalue weighted by Gasteiger charge is 2.64. The van der Waals surface area contributed by atoms with E-state index in [2.05, 4.69) is 0 Å². The number of benzene rings is 3. The van der Waals surface area contributed by atoms with Crippen LogP contribution in [0.25, 0.3) is 11.3 Å². The van der Waals surface area contributed by atoms with Gasteiger partial charge in [0, 0.05) is 11.5 Å². The molecule has 2 aromatic heterocycles. The third-order valence-corrected chi connectivity index (χ3v) is 9.78. The van der Waals surface area contributed by atoms with Gasteiger partial charge in [-0.2, -0.15) is 0 Å². The Balaban J connectivity index is 1.41. The molecule has 4 atom stereocenters. The lowest BCUT2D eigenvalue weighted by molar-refractivity contribution is -0.133. The molecule has 5 aromatic rings. The standard InChI is InChI=1S/C37H29N3O6/c41-22-26-16-17-31(46-26)33-27-18-19-38-35(44)39(25-14-8-3-9-15-25)36(45)40(38)30(27)21-29-34(43)28(23-10-4-1-5-11-23)20-32(42)37(29,33)24-12-6-2-7-13-24/h1-18,20,29-30,33,41H,19,21-22H2. The van der Waals surface area contributed by atoms with Crippen LogP contribution in [0, 0.1) is 5.92 Å². The number of para-hydroxylation sites is 1. The summed E-state index contributed by atoms with van der Waals surface area (Å²) in [6.45, 7) is -0.257. The molecule has 1 aliphatic heterocycles. The SMILES string of the molecule is O=C1C(c2ccccc2)=CC(=O)C2(c3ccccc3)C1CC1C(=CCn3c(=O)n(-c4ccccc4)c(=O)n31)C2c1ccc(CO)o1. The zero-order chi connectivity index (χ0) is 31.6. The smallest absolute Gasteiger partial charge is 0.352 e. The quantitative estimate of drug-likeness (QED) is 0.296. The van der Waals surface area contributed by atoms with Crippen molar-refractivity contribution >= 4 is 17.1 Å². The molecule has 9 nitrogen and oxygen atoms in total. The molecule has 0 bridgehead atoms. The number of aliphatic hydroxyl groups excluding tert-OH is 1. The Morgan fingerprint density at radius 3 is 2.15 bits per heavy atom. The molecular weight excluding hydrogens is 582 g/mol. The molecule has 0 radical (unpaired) electrons. The number of aromatic nitrogens is 3. The number of Topliss-reactive ketones (excluding diaryl/α,β-unsaturated/α-hetero) is 1. The van der Waals surface area contributed by atoms with Gasteiger partial charge in [0.25, 0.3) is 0 Å². The van der Waals surface area contributed by atoms with Crippen molar-refractivity contribution in [1.82, 2.24) is 13.9 Å². The third-order valence-electron chi connectivity index (χ3n) is 9.78. The molecule has 3 aliphatic rings. The van der Waals surface area contributed by atoms with Crippen LogP contribution in [0.2, 0.25) is 0 Å². The summed E-state index contributed by atoms with van der Waals surface area (Å²) in [7, 11) is 0. The van der Waals surface area contributed by atoms with Gasteiger partial charge in [0.2, 0.25) is 0 Å². The molecule has 1 fully saturated rings. The molecule has 46 heavy (non-hydrogen) atoms.